The van der Waals surface area contributed by atoms with Crippen LogP contribution in [0, 0.1) is 0 Å². The Hall–Kier alpha value is -0.975. The van der Waals surface area contributed by atoms with Crippen LogP contribution in [0.1, 0.15) is 13.8 Å². The topological polar surface area (TPSA) is 0 Å². The van der Waals surface area contributed by atoms with Crippen LogP contribution in [0.15, 0.2) is 48.4 Å². The van der Waals surface area contributed by atoms with Gasteiger partial charge in [-0.05, 0) is 13.8 Å². The molecule has 0 aromatic heterocycles. The molecule has 58 valence electrons. The third-order valence-electron chi connectivity index (χ3n) is 1.26. The second-order valence-electron chi connectivity index (χ2n) is 2.26. The van der Waals surface area contributed by atoms with E-state index in [1.54, 1.807) is 0 Å². The zero-order valence-electron chi connectivity index (χ0n) is 7.38. The summed E-state index contributed by atoms with van der Waals surface area (Å²) in [6, 6.07) is 0. The zero-order chi connectivity index (χ0) is 8.53. The minimum Gasteiger partial charge on any atom is -0.121 e. The summed E-state index contributed by atoms with van der Waals surface area (Å²) in [7, 11) is 0.939. The summed E-state index contributed by atoms with van der Waals surface area (Å²) in [5, 5.41) is 0. The Morgan fingerprint density at radius 3 is 2.45 bits per heavy atom. The summed E-state index contributed by atoms with van der Waals surface area (Å²) in [5.41, 5.74) is 1.29. The summed E-state index contributed by atoms with van der Waals surface area (Å²) in [4.78, 5) is 0. The number of hydrogen-bond acceptors (Lipinski definition) is 0. The van der Waals surface area contributed by atoms with E-state index in [0.717, 1.165) is 7.28 Å². The summed E-state index contributed by atoms with van der Waals surface area (Å²) in [5.74, 6) is 1.91. The SMILES string of the molecule is C=CBC(/C=C\C)=C/C=C\C. The van der Waals surface area contributed by atoms with Gasteiger partial charge >= 0.3 is 0 Å². The van der Waals surface area contributed by atoms with Crippen molar-refractivity contribution in [2.24, 2.45) is 0 Å². The van der Waals surface area contributed by atoms with Crippen molar-refractivity contribution in [3.8, 4) is 0 Å². The van der Waals surface area contributed by atoms with Gasteiger partial charge in [0.15, 0.2) is 7.28 Å². The van der Waals surface area contributed by atoms with Crippen LogP contribution in [-0.4, -0.2) is 7.28 Å². The van der Waals surface area contributed by atoms with Crippen molar-refractivity contribution in [2.75, 3.05) is 0 Å². The Bertz CT molecular complexity index is 185. The molecule has 0 nitrogen and oxygen atoms in total. The van der Waals surface area contributed by atoms with Crippen LogP contribution in [0.2, 0.25) is 0 Å². The van der Waals surface area contributed by atoms with E-state index in [1.165, 1.54) is 5.47 Å². The Morgan fingerprint density at radius 1 is 1.27 bits per heavy atom. The molecule has 1 heteroatoms. The van der Waals surface area contributed by atoms with Gasteiger partial charge < -0.3 is 0 Å². The normalized spacial score (nSPS) is 12.7. The molecule has 0 atom stereocenters. The monoisotopic (exact) mass is 146 g/mol. The van der Waals surface area contributed by atoms with Gasteiger partial charge in [-0.2, -0.15) is 0 Å². The van der Waals surface area contributed by atoms with E-state index in [1.807, 2.05) is 38.1 Å². The van der Waals surface area contributed by atoms with E-state index < -0.39 is 0 Å². The highest BCUT2D eigenvalue weighted by Crippen LogP contribution is 1.95. The van der Waals surface area contributed by atoms with Gasteiger partial charge in [-0.15, -0.1) is 12.6 Å². The van der Waals surface area contributed by atoms with Crippen LogP contribution in [0.25, 0.3) is 0 Å². The zero-order valence-corrected chi connectivity index (χ0v) is 7.38. The first-order valence-corrected chi connectivity index (χ1v) is 3.90. The van der Waals surface area contributed by atoms with Crippen LogP contribution in [0.3, 0.4) is 0 Å². The summed E-state index contributed by atoms with van der Waals surface area (Å²) in [6.45, 7) is 7.72. The summed E-state index contributed by atoms with van der Waals surface area (Å²) in [6.07, 6.45) is 10.3. The van der Waals surface area contributed by atoms with Gasteiger partial charge in [0, 0.05) is 0 Å². The van der Waals surface area contributed by atoms with Crippen LogP contribution < -0.4 is 0 Å². The van der Waals surface area contributed by atoms with Crippen molar-refractivity contribution in [3.05, 3.63) is 48.4 Å². The third-order valence-corrected chi connectivity index (χ3v) is 1.26. The molecule has 0 saturated heterocycles. The molecule has 0 amide bonds. The fourth-order valence-electron chi connectivity index (χ4n) is 0.792. The largest absolute Gasteiger partial charge is 0.182 e. The van der Waals surface area contributed by atoms with Crippen molar-refractivity contribution in [1.82, 2.24) is 0 Å². The van der Waals surface area contributed by atoms with Gasteiger partial charge in [0.05, 0.1) is 0 Å². The Labute approximate surface area is 70.3 Å². The Kier molecular flexibility index (Phi) is 6.50. The molecule has 11 heavy (non-hydrogen) atoms. The van der Waals surface area contributed by atoms with E-state index in [0.29, 0.717) is 0 Å². The lowest BCUT2D eigenvalue weighted by atomic mass is 9.69. The van der Waals surface area contributed by atoms with Gasteiger partial charge in [0.1, 0.15) is 0 Å². The predicted molar refractivity (Wildman–Crippen MR) is 55.1 cm³/mol. The molecule has 0 aliphatic carbocycles. The first-order valence-electron chi connectivity index (χ1n) is 3.90. The van der Waals surface area contributed by atoms with Crippen molar-refractivity contribution in [1.29, 1.82) is 0 Å². The quantitative estimate of drug-likeness (QED) is 0.422. The highest BCUT2D eigenvalue weighted by molar-refractivity contribution is 6.52. The van der Waals surface area contributed by atoms with E-state index >= 15 is 0 Å². The molecule has 0 unspecified atom stereocenters. The molecule has 0 saturated carbocycles. The maximum Gasteiger partial charge on any atom is 0.182 e. The highest BCUT2D eigenvalue weighted by atomic mass is 13.7. The molecule has 0 N–H and O–H groups in total. The first kappa shape index (κ1) is 10.0. The Morgan fingerprint density at radius 2 is 2.00 bits per heavy atom. The van der Waals surface area contributed by atoms with Gasteiger partial charge in [0.2, 0.25) is 0 Å². The molecule has 0 rings (SSSR count). The van der Waals surface area contributed by atoms with Gasteiger partial charge in [-0.25, -0.2) is 0 Å². The molecule has 0 heterocycles. The lowest BCUT2D eigenvalue weighted by Gasteiger charge is -1.91. The number of hydrogen-bond donors (Lipinski definition) is 0. The summed E-state index contributed by atoms with van der Waals surface area (Å²) < 4.78 is 0. The molecule has 0 aliphatic rings. The number of rotatable bonds is 4. The van der Waals surface area contributed by atoms with Crippen molar-refractivity contribution >= 4 is 7.28 Å². The fraction of sp³-hybridized carbons (Fsp3) is 0.200. The predicted octanol–water partition coefficient (Wildman–Crippen LogP) is 2.60. The second kappa shape index (κ2) is 7.14. The van der Waals surface area contributed by atoms with E-state index in [4.69, 9.17) is 0 Å². The first-order chi connectivity index (χ1) is 5.35. The minimum atomic E-state index is 0.939. The van der Waals surface area contributed by atoms with Gasteiger partial charge in [-0.1, -0.05) is 35.9 Å². The van der Waals surface area contributed by atoms with Gasteiger partial charge in [-0.3, -0.25) is 0 Å². The average molecular weight is 146 g/mol. The van der Waals surface area contributed by atoms with Crippen molar-refractivity contribution in [3.63, 3.8) is 0 Å². The molecular formula is C10H15B. The molecule has 0 aliphatic heterocycles. The molecule has 0 aromatic rings. The molecule has 0 bridgehead atoms. The maximum atomic E-state index is 3.69. The Balaban J connectivity index is 4.18. The number of allylic oxidation sites excluding steroid dienone is 6. The third kappa shape index (κ3) is 5.47. The summed E-state index contributed by atoms with van der Waals surface area (Å²) >= 11 is 0. The van der Waals surface area contributed by atoms with E-state index in [2.05, 4.69) is 18.7 Å². The van der Waals surface area contributed by atoms with Crippen LogP contribution >= 0.6 is 0 Å². The maximum absolute atomic E-state index is 3.69. The molecule has 0 spiro atoms. The van der Waals surface area contributed by atoms with Crippen LogP contribution in [-0.2, 0) is 0 Å². The van der Waals surface area contributed by atoms with Crippen LogP contribution in [0.5, 0.6) is 0 Å². The molecule has 0 aromatic carbocycles. The molecular weight excluding hydrogens is 131 g/mol. The highest BCUT2D eigenvalue weighted by Gasteiger charge is 1.86. The van der Waals surface area contributed by atoms with E-state index in [9.17, 15) is 0 Å². The van der Waals surface area contributed by atoms with Crippen molar-refractivity contribution < 1.29 is 0 Å². The lowest BCUT2D eigenvalue weighted by Crippen LogP contribution is -1.87. The molecule has 0 fully saturated rings. The smallest absolute Gasteiger partial charge is 0.121 e. The average Bonchev–Trinajstić information content (AvgIpc) is 2.01. The second-order valence-corrected chi connectivity index (χ2v) is 2.26. The standard InChI is InChI=1S/C10H15B/c1-4-7-9-10(8-5-2)11-6-3/h4-9,11H,3H2,1-2H3/b7-4-,8-5-,10-9+. The van der Waals surface area contributed by atoms with E-state index in [-0.39, 0.29) is 0 Å². The van der Waals surface area contributed by atoms with Gasteiger partial charge in [0.25, 0.3) is 0 Å². The van der Waals surface area contributed by atoms with Crippen molar-refractivity contribution in [2.45, 2.75) is 13.8 Å². The lowest BCUT2D eigenvalue weighted by molar-refractivity contribution is 1.68. The minimum absolute atomic E-state index is 0.939. The fourth-order valence-corrected chi connectivity index (χ4v) is 0.792. The van der Waals surface area contributed by atoms with Crippen LogP contribution in [0.4, 0.5) is 0 Å². The molecule has 0 radical (unpaired) electrons.